The quantitative estimate of drug-likeness (QED) is 0.823. The molecular formula is C14H22N4. The molecule has 0 aliphatic heterocycles. The summed E-state index contributed by atoms with van der Waals surface area (Å²) in [6, 6.07) is 5.94. The molecule has 2 aromatic rings. The minimum atomic E-state index is 0.774. The predicted molar refractivity (Wildman–Crippen MR) is 76.7 cm³/mol. The molecule has 0 aliphatic rings. The van der Waals surface area contributed by atoms with Crippen LogP contribution in [0.4, 0.5) is 5.69 Å². The van der Waals surface area contributed by atoms with Gasteiger partial charge in [-0.25, -0.2) is 4.98 Å². The number of nitrogens with two attached hydrogens (primary N) is 1. The number of rotatable bonds is 5. The molecule has 0 saturated carbocycles. The zero-order valence-electron chi connectivity index (χ0n) is 11.5. The highest BCUT2D eigenvalue weighted by molar-refractivity contribution is 5.79. The maximum atomic E-state index is 5.79. The van der Waals surface area contributed by atoms with Crippen LogP contribution in [0.1, 0.15) is 19.7 Å². The van der Waals surface area contributed by atoms with Crippen molar-refractivity contribution in [3.05, 3.63) is 24.0 Å². The lowest BCUT2D eigenvalue weighted by Gasteiger charge is -2.18. The number of fused-ring (bicyclic) bond motifs is 1. The van der Waals surface area contributed by atoms with E-state index < -0.39 is 0 Å². The average molecular weight is 246 g/mol. The second-order valence-electron chi connectivity index (χ2n) is 4.59. The predicted octanol–water partition coefficient (Wildman–Crippen LogP) is 2.27. The monoisotopic (exact) mass is 246 g/mol. The van der Waals surface area contributed by atoms with Crippen molar-refractivity contribution in [2.45, 2.75) is 27.3 Å². The number of aryl methyl sites for hydroxylation is 1. The van der Waals surface area contributed by atoms with Crippen LogP contribution in [0.25, 0.3) is 11.0 Å². The second-order valence-corrected chi connectivity index (χ2v) is 4.59. The van der Waals surface area contributed by atoms with Gasteiger partial charge in [0.15, 0.2) is 0 Å². The zero-order chi connectivity index (χ0) is 13.1. The molecule has 0 saturated heterocycles. The molecular weight excluding hydrogens is 224 g/mol. The van der Waals surface area contributed by atoms with Crippen LogP contribution in [-0.4, -0.2) is 34.1 Å². The largest absolute Gasteiger partial charge is 0.399 e. The molecule has 1 aromatic carbocycles. The molecule has 2 rings (SSSR count). The second kappa shape index (κ2) is 5.40. The van der Waals surface area contributed by atoms with Crippen molar-refractivity contribution in [1.82, 2.24) is 14.5 Å². The highest BCUT2D eigenvalue weighted by atomic mass is 15.2. The zero-order valence-corrected chi connectivity index (χ0v) is 11.5. The fourth-order valence-electron chi connectivity index (χ4n) is 2.33. The maximum absolute atomic E-state index is 5.79. The smallest absolute Gasteiger partial charge is 0.106 e. The van der Waals surface area contributed by atoms with E-state index in [2.05, 4.69) is 41.3 Å². The van der Waals surface area contributed by atoms with E-state index in [-0.39, 0.29) is 0 Å². The summed E-state index contributed by atoms with van der Waals surface area (Å²) >= 11 is 0. The molecule has 0 fully saturated rings. The maximum Gasteiger partial charge on any atom is 0.106 e. The van der Waals surface area contributed by atoms with Crippen molar-refractivity contribution in [2.75, 3.05) is 25.4 Å². The van der Waals surface area contributed by atoms with E-state index in [0.717, 1.165) is 43.2 Å². The summed E-state index contributed by atoms with van der Waals surface area (Å²) in [5.74, 6) is 1.06. The van der Waals surface area contributed by atoms with Crippen LogP contribution in [0.5, 0.6) is 0 Å². The molecule has 0 atom stereocenters. The van der Waals surface area contributed by atoms with E-state index in [0.29, 0.717) is 0 Å². The van der Waals surface area contributed by atoms with Crippen LogP contribution < -0.4 is 5.73 Å². The van der Waals surface area contributed by atoms with Gasteiger partial charge >= 0.3 is 0 Å². The van der Waals surface area contributed by atoms with Crippen molar-refractivity contribution >= 4 is 16.7 Å². The van der Waals surface area contributed by atoms with E-state index in [9.17, 15) is 0 Å². The van der Waals surface area contributed by atoms with Gasteiger partial charge in [-0.05, 0) is 38.2 Å². The van der Waals surface area contributed by atoms with Gasteiger partial charge in [0.25, 0.3) is 0 Å². The van der Waals surface area contributed by atoms with Crippen molar-refractivity contribution in [3.63, 3.8) is 0 Å². The first-order valence-corrected chi connectivity index (χ1v) is 6.60. The van der Waals surface area contributed by atoms with Crippen LogP contribution in [0.15, 0.2) is 18.2 Å². The Labute approximate surface area is 108 Å². The number of nitrogen functional groups attached to an aromatic ring is 1. The van der Waals surface area contributed by atoms with Gasteiger partial charge in [0, 0.05) is 18.8 Å². The Morgan fingerprint density at radius 2 is 2.00 bits per heavy atom. The molecule has 0 unspecified atom stereocenters. The molecule has 0 aliphatic carbocycles. The molecule has 18 heavy (non-hydrogen) atoms. The molecule has 0 amide bonds. The normalized spacial score (nSPS) is 11.6. The number of hydrogen-bond acceptors (Lipinski definition) is 3. The van der Waals surface area contributed by atoms with Gasteiger partial charge < -0.3 is 15.2 Å². The van der Waals surface area contributed by atoms with E-state index in [4.69, 9.17) is 5.73 Å². The Morgan fingerprint density at radius 1 is 1.28 bits per heavy atom. The lowest BCUT2D eigenvalue weighted by molar-refractivity contribution is 0.291. The third-order valence-corrected chi connectivity index (χ3v) is 3.50. The van der Waals surface area contributed by atoms with E-state index in [1.807, 2.05) is 12.1 Å². The van der Waals surface area contributed by atoms with Gasteiger partial charge in [0.2, 0.25) is 0 Å². The van der Waals surface area contributed by atoms with Gasteiger partial charge in [-0.2, -0.15) is 0 Å². The Morgan fingerprint density at radius 3 is 2.67 bits per heavy atom. The van der Waals surface area contributed by atoms with Gasteiger partial charge in [0.1, 0.15) is 5.82 Å². The minimum Gasteiger partial charge on any atom is -0.399 e. The summed E-state index contributed by atoms with van der Waals surface area (Å²) in [5.41, 5.74) is 8.73. The van der Waals surface area contributed by atoms with E-state index in [1.54, 1.807) is 0 Å². The van der Waals surface area contributed by atoms with E-state index in [1.165, 1.54) is 5.52 Å². The lowest BCUT2D eigenvalue weighted by atomic mass is 10.3. The Hall–Kier alpha value is -1.55. The third kappa shape index (κ3) is 2.48. The molecule has 4 heteroatoms. The summed E-state index contributed by atoms with van der Waals surface area (Å²) in [6.07, 6.45) is 0. The van der Waals surface area contributed by atoms with Gasteiger partial charge in [0.05, 0.1) is 11.0 Å². The van der Waals surface area contributed by atoms with Gasteiger partial charge in [-0.3, -0.25) is 0 Å². The van der Waals surface area contributed by atoms with Crippen LogP contribution in [0, 0.1) is 6.92 Å². The van der Waals surface area contributed by atoms with Crippen molar-refractivity contribution < 1.29 is 0 Å². The topological polar surface area (TPSA) is 47.1 Å². The fraction of sp³-hybridized carbons (Fsp3) is 0.500. The summed E-state index contributed by atoms with van der Waals surface area (Å²) in [6.45, 7) is 10.7. The molecule has 1 heterocycles. The minimum absolute atomic E-state index is 0.774. The number of hydrogen-bond donors (Lipinski definition) is 1. The fourth-order valence-corrected chi connectivity index (χ4v) is 2.33. The van der Waals surface area contributed by atoms with Crippen molar-refractivity contribution in [1.29, 1.82) is 0 Å². The highest BCUT2D eigenvalue weighted by Gasteiger charge is 2.08. The number of imidazole rings is 1. The number of nitrogens with zero attached hydrogens (tertiary/aromatic N) is 3. The Bertz CT molecular complexity index is 526. The van der Waals surface area contributed by atoms with Gasteiger partial charge in [-0.1, -0.05) is 13.8 Å². The average Bonchev–Trinajstić information content (AvgIpc) is 2.66. The lowest BCUT2D eigenvalue weighted by Crippen LogP contribution is -2.27. The van der Waals surface area contributed by atoms with Crippen LogP contribution in [-0.2, 0) is 6.54 Å². The summed E-state index contributed by atoms with van der Waals surface area (Å²) < 4.78 is 2.27. The summed E-state index contributed by atoms with van der Waals surface area (Å²) in [5, 5.41) is 0. The molecule has 0 bridgehead atoms. The van der Waals surface area contributed by atoms with Crippen molar-refractivity contribution in [3.8, 4) is 0 Å². The summed E-state index contributed by atoms with van der Waals surface area (Å²) in [4.78, 5) is 6.99. The molecule has 0 radical (unpaired) electrons. The van der Waals surface area contributed by atoms with Gasteiger partial charge in [-0.15, -0.1) is 0 Å². The molecule has 4 nitrogen and oxygen atoms in total. The van der Waals surface area contributed by atoms with Crippen LogP contribution in [0.2, 0.25) is 0 Å². The van der Waals surface area contributed by atoms with Crippen molar-refractivity contribution in [2.24, 2.45) is 0 Å². The first-order valence-electron chi connectivity index (χ1n) is 6.60. The van der Waals surface area contributed by atoms with Crippen LogP contribution >= 0.6 is 0 Å². The number of likely N-dealkylation sites (N-methyl/N-ethyl adjacent to an activating group) is 1. The SMILES string of the molecule is CCN(CC)CCn1c(C)nc2cc(N)ccc21. The number of benzene rings is 1. The van der Waals surface area contributed by atoms with E-state index >= 15 is 0 Å². The molecule has 0 spiro atoms. The first kappa shape index (κ1) is 12.9. The molecule has 1 aromatic heterocycles. The Balaban J connectivity index is 2.24. The van der Waals surface area contributed by atoms with Crippen LogP contribution in [0.3, 0.4) is 0 Å². The molecule has 2 N–H and O–H groups in total. The highest BCUT2D eigenvalue weighted by Crippen LogP contribution is 2.18. The standard InChI is InChI=1S/C14H22N4/c1-4-17(5-2)8-9-18-11(3)16-13-10-12(15)6-7-14(13)18/h6-7,10H,4-5,8-9,15H2,1-3H3. The number of aromatic nitrogens is 2. The molecule has 98 valence electrons. The summed E-state index contributed by atoms with van der Waals surface area (Å²) in [7, 11) is 0. The first-order chi connectivity index (χ1) is 8.65. The number of anilines is 1. The third-order valence-electron chi connectivity index (χ3n) is 3.50. The Kier molecular flexibility index (Phi) is 3.87.